The highest BCUT2D eigenvalue weighted by molar-refractivity contribution is 9.10. The van der Waals surface area contributed by atoms with E-state index < -0.39 is 0 Å². The molecule has 2 saturated heterocycles. The number of benzene rings is 1. The topological polar surface area (TPSA) is 50.9 Å². The average molecular weight is 398 g/mol. The maximum atomic E-state index is 6.25. The van der Waals surface area contributed by atoms with E-state index in [2.05, 4.69) is 45.1 Å². The second-order valence-corrected chi connectivity index (χ2v) is 8.31. The molecule has 2 aliphatic heterocycles. The van der Waals surface area contributed by atoms with Gasteiger partial charge in [0.25, 0.3) is 0 Å². The molecule has 2 N–H and O–H groups in total. The van der Waals surface area contributed by atoms with Crippen LogP contribution in [0.5, 0.6) is 0 Å². The Morgan fingerprint density at radius 1 is 1.22 bits per heavy atom. The Morgan fingerprint density at radius 2 is 1.87 bits per heavy atom. The molecule has 2 aliphatic rings. The van der Waals surface area contributed by atoms with Crippen molar-refractivity contribution in [3.63, 3.8) is 0 Å². The summed E-state index contributed by atoms with van der Waals surface area (Å²) in [5.74, 6) is 2.98. The number of nitrogens with two attached hydrogens (primary N) is 1. The van der Waals surface area contributed by atoms with Crippen LogP contribution in [-0.4, -0.2) is 55.2 Å². The van der Waals surface area contributed by atoms with Crippen LogP contribution < -0.4 is 5.73 Å². The van der Waals surface area contributed by atoms with Crippen molar-refractivity contribution in [2.75, 3.05) is 44.4 Å². The highest BCUT2D eigenvalue weighted by Gasteiger charge is 2.34. The van der Waals surface area contributed by atoms with Gasteiger partial charge in [0.1, 0.15) is 0 Å². The van der Waals surface area contributed by atoms with Gasteiger partial charge in [-0.1, -0.05) is 28.1 Å². The summed E-state index contributed by atoms with van der Waals surface area (Å²) < 4.78 is 6.70. The minimum absolute atomic E-state index is 0.0497. The van der Waals surface area contributed by atoms with Gasteiger partial charge in [0.05, 0.1) is 6.54 Å². The third-order valence-corrected chi connectivity index (χ3v) is 6.26. The molecular weight excluding hydrogens is 374 g/mol. The molecule has 4 nitrogen and oxygen atoms in total. The van der Waals surface area contributed by atoms with Gasteiger partial charge in [-0.3, -0.25) is 4.99 Å². The van der Waals surface area contributed by atoms with Crippen LogP contribution in [0.2, 0.25) is 0 Å². The van der Waals surface area contributed by atoms with Crippen LogP contribution in [0, 0.1) is 0 Å². The molecule has 2 fully saturated rings. The summed E-state index contributed by atoms with van der Waals surface area (Å²) in [5, 5.41) is 0. The van der Waals surface area contributed by atoms with Crippen molar-refractivity contribution < 1.29 is 4.74 Å². The maximum Gasteiger partial charge on any atom is 0.191 e. The van der Waals surface area contributed by atoms with Crippen LogP contribution in [0.15, 0.2) is 33.7 Å². The number of hydrogen-bond acceptors (Lipinski definition) is 3. The van der Waals surface area contributed by atoms with Crippen molar-refractivity contribution in [1.29, 1.82) is 0 Å². The molecule has 0 aromatic heterocycles. The Bertz CT molecular complexity index is 537. The Balaban J connectivity index is 1.77. The van der Waals surface area contributed by atoms with Crippen LogP contribution in [0.1, 0.15) is 18.4 Å². The van der Waals surface area contributed by atoms with Gasteiger partial charge in [0, 0.05) is 47.7 Å². The molecular formula is C17H24BrN3OS. The molecule has 1 aromatic rings. The normalized spacial score (nSPS) is 22.1. The number of ether oxygens (including phenoxy) is 1. The number of rotatable bonds is 3. The Hall–Kier alpha value is -0.720. The molecule has 0 saturated carbocycles. The van der Waals surface area contributed by atoms with Gasteiger partial charge in [-0.15, -0.1) is 0 Å². The van der Waals surface area contributed by atoms with E-state index in [1.165, 1.54) is 5.56 Å². The lowest BCUT2D eigenvalue weighted by Gasteiger charge is -2.37. The second kappa shape index (κ2) is 7.90. The predicted molar refractivity (Wildman–Crippen MR) is 101 cm³/mol. The molecule has 0 radical (unpaired) electrons. The Morgan fingerprint density at radius 3 is 2.52 bits per heavy atom. The average Bonchev–Trinajstić information content (AvgIpc) is 2.62. The lowest BCUT2D eigenvalue weighted by Crippen LogP contribution is -2.44. The largest absolute Gasteiger partial charge is 0.381 e. The summed E-state index contributed by atoms with van der Waals surface area (Å²) in [5.41, 5.74) is 7.65. The molecule has 23 heavy (non-hydrogen) atoms. The zero-order valence-electron chi connectivity index (χ0n) is 13.3. The molecule has 0 amide bonds. The lowest BCUT2D eigenvalue weighted by atomic mass is 9.74. The SMILES string of the molecule is NC(=NCC1(c2ccc(Br)cc2)CCOCC1)N1CCSCC1. The van der Waals surface area contributed by atoms with E-state index in [0.29, 0.717) is 5.96 Å². The van der Waals surface area contributed by atoms with E-state index in [1.54, 1.807) is 0 Å². The summed E-state index contributed by atoms with van der Waals surface area (Å²) in [6.45, 7) is 4.36. The van der Waals surface area contributed by atoms with Crippen molar-refractivity contribution >= 4 is 33.7 Å². The molecule has 0 aliphatic carbocycles. The third kappa shape index (κ3) is 4.22. The van der Waals surface area contributed by atoms with Crippen molar-refractivity contribution in [2.24, 2.45) is 10.7 Å². The van der Waals surface area contributed by atoms with Crippen molar-refractivity contribution in [2.45, 2.75) is 18.3 Å². The van der Waals surface area contributed by atoms with Crippen molar-refractivity contribution in [3.8, 4) is 0 Å². The van der Waals surface area contributed by atoms with Gasteiger partial charge in [-0.2, -0.15) is 11.8 Å². The molecule has 0 unspecified atom stereocenters. The number of aliphatic imine (C=N–C) groups is 1. The number of guanidine groups is 1. The highest BCUT2D eigenvalue weighted by Crippen LogP contribution is 2.35. The van der Waals surface area contributed by atoms with Gasteiger partial charge in [0.15, 0.2) is 5.96 Å². The standard InChI is InChI=1S/C17H24BrN3OS/c18-15-3-1-14(2-4-15)17(5-9-22-10-6-17)13-20-16(19)21-7-11-23-12-8-21/h1-4H,5-13H2,(H2,19,20). The monoisotopic (exact) mass is 397 g/mol. The predicted octanol–water partition coefficient (Wildman–Crippen LogP) is 2.86. The van der Waals surface area contributed by atoms with Crippen LogP contribution in [0.4, 0.5) is 0 Å². The Kier molecular flexibility index (Phi) is 5.88. The maximum absolute atomic E-state index is 6.25. The number of halogens is 1. The quantitative estimate of drug-likeness (QED) is 0.629. The van der Waals surface area contributed by atoms with Crippen LogP contribution in [-0.2, 0) is 10.2 Å². The highest BCUT2D eigenvalue weighted by atomic mass is 79.9. The van der Waals surface area contributed by atoms with Crippen LogP contribution in [0.25, 0.3) is 0 Å². The fourth-order valence-electron chi connectivity index (χ4n) is 3.23. The van der Waals surface area contributed by atoms with Gasteiger partial charge < -0.3 is 15.4 Å². The molecule has 0 atom stereocenters. The first-order chi connectivity index (χ1) is 11.2. The van der Waals surface area contributed by atoms with E-state index in [9.17, 15) is 0 Å². The van der Waals surface area contributed by atoms with E-state index >= 15 is 0 Å². The first kappa shape index (κ1) is 17.1. The molecule has 1 aromatic carbocycles. The smallest absolute Gasteiger partial charge is 0.191 e. The first-order valence-electron chi connectivity index (χ1n) is 8.16. The van der Waals surface area contributed by atoms with Crippen LogP contribution in [0.3, 0.4) is 0 Å². The van der Waals surface area contributed by atoms with Crippen molar-refractivity contribution in [1.82, 2.24) is 4.90 Å². The number of nitrogens with zero attached hydrogens (tertiary/aromatic N) is 2. The van der Waals surface area contributed by atoms with Gasteiger partial charge in [0.2, 0.25) is 0 Å². The summed E-state index contributed by atoms with van der Waals surface area (Å²) in [6, 6.07) is 8.64. The lowest BCUT2D eigenvalue weighted by molar-refractivity contribution is 0.0530. The molecule has 6 heteroatoms. The van der Waals surface area contributed by atoms with Gasteiger partial charge >= 0.3 is 0 Å². The van der Waals surface area contributed by atoms with E-state index in [-0.39, 0.29) is 5.41 Å². The minimum Gasteiger partial charge on any atom is -0.381 e. The molecule has 3 rings (SSSR count). The van der Waals surface area contributed by atoms with E-state index in [4.69, 9.17) is 15.5 Å². The molecule has 126 valence electrons. The first-order valence-corrected chi connectivity index (χ1v) is 10.1. The fraction of sp³-hybridized carbons (Fsp3) is 0.588. The summed E-state index contributed by atoms with van der Waals surface area (Å²) in [6.07, 6.45) is 2.00. The minimum atomic E-state index is 0.0497. The van der Waals surface area contributed by atoms with Crippen molar-refractivity contribution in [3.05, 3.63) is 34.3 Å². The second-order valence-electron chi connectivity index (χ2n) is 6.17. The Labute approximate surface area is 151 Å². The fourth-order valence-corrected chi connectivity index (χ4v) is 4.40. The number of thioether (sulfide) groups is 1. The van der Waals surface area contributed by atoms with E-state index in [0.717, 1.165) is 61.7 Å². The summed E-state index contributed by atoms with van der Waals surface area (Å²) in [7, 11) is 0. The third-order valence-electron chi connectivity index (χ3n) is 4.79. The number of hydrogen-bond donors (Lipinski definition) is 1. The summed E-state index contributed by atoms with van der Waals surface area (Å²) in [4.78, 5) is 7.00. The zero-order chi connectivity index (χ0) is 16.1. The van der Waals surface area contributed by atoms with Crippen LogP contribution >= 0.6 is 27.7 Å². The van der Waals surface area contributed by atoms with E-state index in [1.807, 2.05) is 11.8 Å². The molecule has 0 bridgehead atoms. The summed E-state index contributed by atoms with van der Waals surface area (Å²) >= 11 is 5.51. The zero-order valence-corrected chi connectivity index (χ0v) is 15.7. The van der Waals surface area contributed by atoms with Gasteiger partial charge in [-0.05, 0) is 30.5 Å². The molecule has 2 heterocycles. The molecule has 0 spiro atoms. The van der Waals surface area contributed by atoms with Gasteiger partial charge in [-0.25, -0.2) is 0 Å².